The Labute approximate surface area is 220 Å². The first kappa shape index (κ1) is 27.0. The lowest BCUT2D eigenvalue weighted by atomic mass is 9.99. The Hall–Kier alpha value is -3.00. The van der Waals surface area contributed by atoms with Gasteiger partial charge in [-0.15, -0.1) is 10.2 Å². The lowest BCUT2D eigenvalue weighted by molar-refractivity contribution is 0.0832. The van der Waals surface area contributed by atoms with Crippen LogP contribution in [0.15, 0.2) is 30.6 Å². The van der Waals surface area contributed by atoms with Crippen molar-refractivity contribution in [1.29, 1.82) is 0 Å². The number of nitrogens with zero attached hydrogens (tertiary/aromatic N) is 5. The van der Waals surface area contributed by atoms with E-state index < -0.39 is 21.4 Å². The first-order valence-corrected chi connectivity index (χ1v) is 13.5. The van der Waals surface area contributed by atoms with Crippen molar-refractivity contribution in [3.05, 3.63) is 47.3 Å². The summed E-state index contributed by atoms with van der Waals surface area (Å²) in [5, 5.41) is 7.85. The number of anilines is 1. The average molecular weight is 553 g/mol. The minimum absolute atomic E-state index is 0.0111. The molecule has 0 aliphatic carbocycles. The maximum atomic E-state index is 13.6. The lowest BCUT2D eigenvalue weighted by Crippen LogP contribution is -2.33. The first-order valence-electron chi connectivity index (χ1n) is 11.6. The Morgan fingerprint density at radius 1 is 1.08 bits per heavy atom. The summed E-state index contributed by atoms with van der Waals surface area (Å²) in [6, 6.07) is 5.29. The van der Waals surface area contributed by atoms with E-state index in [0.29, 0.717) is 54.1 Å². The van der Waals surface area contributed by atoms with Crippen molar-refractivity contribution in [3.63, 3.8) is 0 Å². The highest BCUT2D eigenvalue weighted by molar-refractivity contribution is 7.93. The number of rotatable bonds is 10. The molecule has 1 saturated heterocycles. The van der Waals surface area contributed by atoms with Crippen LogP contribution in [0.2, 0.25) is 5.02 Å². The number of para-hydroxylation sites is 1. The van der Waals surface area contributed by atoms with Crippen molar-refractivity contribution in [3.8, 4) is 17.2 Å². The number of methoxy groups -OCH3 is 3. The highest BCUT2D eigenvalue weighted by atomic mass is 35.5. The molecule has 3 heterocycles. The zero-order valence-electron chi connectivity index (χ0n) is 20.9. The van der Waals surface area contributed by atoms with Crippen molar-refractivity contribution < 1.29 is 27.4 Å². The number of hydrogen-bond donors (Lipinski definition) is 1. The number of hydrogen-bond acceptors (Lipinski definition) is 10. The highest BCUT2D eigenvalue weighted by Crippen LogP contribution is 2.39. The minimum Gasteiger partial charge on any atom is -0.494 e. The van der Waals surface area contributed by atoms with E-state index in [1.807, 2.05) is 0 Å². The van der Waals surface area contributed by atoms with Gasteiger partial charge in [-0.3, -0.25) is 9.29 Å². The molecule has 1 aromatic carbocycles. The molecule has 0 radical (unpaired) electrons. The summed E-state index contributed by atoms with van der Waals surface area (Å²) in [7, 11) is 0.353. The summed E-state index contributed by atoms with van der Waals surface area (Å²) < 4.78 is 53.6. The summed E-state index contributed by atoms with van der Waals surface area (Å²) in [4.78, 5) is 8.26. The number of aromatic nitrogens is 5. The van der Waals surface area contributed by atoms with Crippen LogP contribution in [0, 0.1) is 0 Å². The number of ether oxygens (including phenoxy) is 4. The van der Waals surface area contributed by atoms with E-state index in [9.17, 15) is 8.42 Å². The molecule has 4 rings (SSSR count). The Bertz CT molecular complexity index is 1290. The van der Waals surface area contributed by atoms with Gasteiger partial charge in [0, 0.05) is 38.6 Å². The molecule has 0 bridgehead atoms. The minimum atomic E-state index is -4.09. The third-order valence-electron chi connectivity index (χ3n) is 6.20. The first-order chi connectivity index (χ1) is 17.8. The largest absolute Gasteiger partial charge is 0.494 e. The van der Waals surface area contributed by atoms with Crippen LogP contribution in [0.1, 0.15) is 43.4 Å². The number of nitrogens with one attached hydrogen (secondary N) is 1. The SMILES string of the molecule is COc1cccc(OC)c1-n1c(NS(=O)(=O)[C@@H](C)[C@H](OC)c2ncc(Cl)cn2)nnc1C1CCOCC1. The second-order valence-electron chi connectivity index (χ2n) is 8.38. The Kier molecular flexibility index (Phi) is 8.47. The van der Waals surface area contributed by atoms with Crippen LogP contribution in [0.5, 0.6) is 11.5 Å². The Morgan fingerprint density at radius 3 is 2.27 bits per heavy atom. The molecule has 0 spiro atoms. The molecule has 14 heteroatoms. The third-order valence-corrected chi connectivity index (χ3v) is 8.09. The topological polar surface area (TPSA) is 140 Å². The van der Waals surface area contributed by atoms with Crippen molar-refractivity contribution in [1.82, 2.24) is 24.7 Å². The molecule has 3 aromatic rings. The fraction of sp³-hybridized carbons (Fsp3) is 0.478. The highest BCUT2D eigenvalue weighted by Gasteiger charge is 2.35. The average Bonchev–Trinajstić information content (AvgIpc) is 3.32. The van der Waals surface area contributed by atoms with Crippen molar-refractivity contribution in [2.75, 3.05) is 39.3 Å². The predicted molar refractivity (Wildman–Crippen MR) is 136 cm³/mol. The molecular weight excluding hydrogens is 524 g/mol. The van der Waals surface area contributed by atoms with Gasteiger partial charge in [-0.05, 0) is 31.9 Å². The Morgan fingerprint density at radius 2 is 1.70 bits per heavy atom. The van der Waals surface area contributed by atoms with Gasteiger partial charge in [0.25, 0.3) is 0 Å². The second-order valence-corrected chi connectivity index (χ2v) is 10.9. The fourth-order valence-electron chi connectivity index (χ4n) is 4.21. The van der Waals surface area contributed by atoms with E-state index in [1.54, 1.807) is 22.8 Å². The molecule has 2 aromatic heterocycles. The maximum Gasteiger partial charge on any atom is 0.243 e. The second kappa shape index (κ2) is 11.6. The molecule has 1 aliphatic rings. The summed E-state index contributed by atoms with van der Waals surface area (Å²) in [5.74, 6) is 1.65. The van der Waals surface area contributed by atoms with Crippen molar-refractivity contribution in [2.45, 2.75) is 37.0 Å². The van der Waals surface area contributed by atoms with Gasteiger partial charge in [-0.1, -0.05) is 17.7 Å². The van der Waals surface area contributed by atoms with E-state index in [0.717, 1.165) is 0 Å². The predicted octanol–water partition coefficient (Wildman–Crippen LogP) is 3.14. The zero-order valence-corrected chi connectivity index (χ0v) is 22.5. The van der Waals surface area contributed by atoms with Crippen molar-refractivity contribution in [2.24, 2.45) is 0 Å². The maximum absolute atomic E-state index is 13.6. The van der Waals surface area contributed by atoms with Gasteiger partial charge in [0.05, 0.1) is 19.2 Å². The van der Waals surface area contributed by atoms with Gasteiger partial charge in [-0.25, -0.2) is 18.4 Å². The summed E-state index contributed by atoms with van der Waals surface area (Å²) >= 11 is 5.89. The van der Waals surface area contributed by atoms with E-state index in [1.165, 1.54) is 40.6 Å². The molecule has 1 N–H and O–H groups in total. The molecule has 2 atom stereocenters. The zero-order chi connectivity index (χ0) is 26.6. The molecule has 200 valence electrons. The van der Waals surface area contributed by atoms with Crippen LogP contribution in [-0.4, -0.2) is 72.9 Å². The van der Waals surface area contributed by atoms with E-state index in [2.05, 4.69) is 24.9 Å². The van der Waals surface area contributed by atoms with Gasteiger partial charge < -0.3 is 18.9 Å². The molecule has 0 amide bonds. The standard InChI is InChI=1S/C23H29ClN6O6S/c1-14(20(35-4)21-25-12-16(24)13-26-21)37(31,32)29-23-28-27-22(15-8-10-36-11-9-15)30(23)19-17(33-2)6-5-7-18(19)34-3/h5-7,12-15,20H,8-11H2,1-4H3,(H,28,29)/t14-,20-/m0/s1. The number of sulfonamides is 1. The van der Waals surface area contributed by atoms with Gasteiger partial charge in [0.1, 0.15) is 34.4 Å². The molecule has 37 heavy (non-hydrogen) atoms. The fourth-order valence-corrected chi connectivity index (χ4v) is 5.44. The molecule has 1 fully saturated rings. The summed E-state index contributed by atoms with van der Waals surface area (Å²) in [5.41, 5.74) is 0.480. The molecular formula is C23H29ClN6O6S. The quantitative estimate of drug-likeness (QED) is 0.399. The van der Waals surface area contributed by atoms with Crippen LogP contribution in [-0.2, 0) is 19.5 Å². The van der Waals surface area contributed by atoms with Crippen LogP contribution in [0.4, 0.5) is 5.95 Å². The number of benzene rings is 1. The third kappa shape index (κ3) is 5.64. The van der Waals surface area contributed by atoms with Gasteiger partial charge in [-0.2, -0.15) is 0 Å². The molecule has 0 unspecified atom stereocenters. The van der Waals surface area contributed by atoms with Gasteiger partial charge >= 0.3 is 0 Å². The van der Waals surface area contributed by atoms with E-state index >= 15 is 0 Å². The smallest absolute Gasteiger partial charge is 0.243 e. The molecule has 0 saturated carbocycles. The van der Waals surface area contributed by atoms with Crippen molar-refractivity contribution >= 4 is 27.6 Å². The van der Waals surface area contributed by atoms with Crippen LogP contribution in [0.25, 0.3) is 5.69 Å². The monoisotopic (exact) mass is 552 g/mol. The number of halogens is 1. The van der Waals surface area contributed by atoms with E-state index in [-0.39, 0.29) is 17.7 Å². The van der Waals surface area contributed by atoms with E-state index in [4.69, 9.17) is 30.5 Å². The molecule has 1 aliphatic heterocycles. The van der Waals surface area contributed by atoms with Crippen LogP contribution in [0.3, 0.4) is 0 Å². The summed E-state index contributed by atoms with van der Waals surface area (Å²) in [6.07, 6.45) is 3.21. The van der Waals surface area contributed by atoms with Gasteiger partial charge in [0.15, 0.2) is 5.82 Å². The lowest BCUT2D eigenvalue weighted by Gasteiger charge is -2.25. The normalized spacial score (nSPS) is 16.2. The van der Waals surface area contributed by atoms with Gasteiger partial charge in [0.2, 0.25) is 16.0 Å². The van der Waals surface area contributed by atoms with Crippen LogP contribution < -0.4 is 14.2 Å². The molecule has 12 nitrogen and oxygen atoms in total. The Balaban J connectivity index is 1.78. The van der Waals surface area contributed by atoms with Crippen LogP contribution >= 0.6 is 11.6 Å². The summed E-state index contributed by atoms with van der Waals surface area (Å²) in [6.45, 7) is 2.63.